The minimum atomic E-state index is -1.34. The molecule has 14 heteroatoms. The molecular formula is C17H31N7O7. The van der Waals surface area contributed by atoms with Crippen LogP contribution in [-0.2, 0) is 24.0 Å². The van der Waals surface area contributed by atoms with Gasteiger partial charge in [0.25, 0.3) is 0 Å². The third-order valence-corrected chi connectivity index (χ3v) is 3.98. The molecule has 0 radical (unpaired) electrons. The molecule has 0 bridgehead atoms. The van der Waals surface area contributed by atoms with Gasteiger partial charge in [-0.25, -0.2) is 4.79 Å². The Bertz CT molecular complexity index is 692. The van der Waals surface area contributed by atoms with Crippen molar-refractivity contribution in [2.75, 3.05) is 13.1 Å². The summed E-state index contributed by atoms with van der Waals surface area (Å²) in [6, 6.07) is -3.62. The number of amides is 3. The number of nitrogens with one attached hydrogen (secondary N) is 3. The van der Waals surface area contributed by atoms with Crippen LogP contribution in [0.1, 0.15) is 33.1 Å². The molecule has 0 aromatic carbocycles. The lowest BCUT2D eigenvalue weighted by Gasteiger charge is -2.23. The number of rotatable bonds is 14. The van der Waals surface area contributed by atoms with Gasteiger partial charge in [0.15, 0.2) is 5.96 Å². The maximum atomic E-state index is 12.3. The van der Waals surface area contributed by atoms with E-state index in [0.717, 1.165) is 0 Å². The highest BCUT2D eigenvalue weighted by atomic mass is 16.4. The summed E-state index contributed by atoms with van der Waals surface area (Å²) >= 11 is 0. The van der Waals surface area contributed by atoms with Crippen molar-refractivity contribution in [1.29, 1.82) is 0 Å². The zero-order chi connectivity index (χ0) is 24.1. The molecule has 11 N–H and O–H groups in total. The number of hydrogen-bond acceptors (Lipinski definition) is 7. The SMILES string of the molecule is CC(C)C(NC(=O)C(N)CC(=O)O)C(=O)NCC(=O)NC(CCCN=C(N)N)C(=O)O. The highest BCUT2D eigenvalue weighted by Crippen LogP contribution is 2.03. The molecular weight excluding hydrogens is 414 g/mol. The zero-order valence-corrected chi connectivity index (χ0v) is 17.5. The van der Waals surface area contributed by atoms with E-state index in [1.807, 2.05) is 0 Å². The van der Waals surface area contributed by atoms with Crippen LogP contribution in [0.2, 0.25) is 0 Å². The maximum absolute atomic E-state index is 12.3. The molecule has 0 aromatic heterocycles. The average molecular weight is 445 g/mol. The van der Waals surface area contributed by atoms with Crippen molar-refractivity contribution in [1.82, 2.24) is 16.0 Å². The van der Waals surface area contributed by atoms with Crippen molar-refractivity contribution in [2.24, 2.45) is 28.1 Å². The predicted molar refractivity (Wildman–Crippen MR) is 109 cm³/mol. The van der Waals surface area contributed by atoms with Gasteiger partial charge < -0.3 is 43.4 Å². The number of aliphatic carboxylic acids is 2. The van der Waals surface area contributed by atoms with Gasteiger partial charge in [-0.1, -0.05) is 13.8 Å². The molecule has 0 aromatic rings. The quantitative estimate of drug-likeness (QED) is 0.0749. The van der Waals surface area contributed by atoms with Crippen LogP contribution in [0, 0.1) is 5.92 Å². The van der Waals surface area contributed by atoms with Gasteiger partial charge in [0.05, 0.1) is 19.0 Å². The van der Waals surface area contributed by atoms with Crippen LogP contribution in [0.5, 0.6) is 0 Å². The first-order valence-corrected chi connectivity index (χ1v) is 9.48. The first-order chi connectivity index (χ1) is 14.3. The summed E-state index contributed by atoms with van der Waals surface area (Å²) in [5, 5.41) is 24.8. The molecule has 3 atom stereocenters. The molecule has 0 spiro atoms. The molecule has 0 heterocycles. The van der Waals surface area contributed by atoms with Gasteiger partial charge in [-0.3, -0.25) is 24.2 Å². The van der Waals surface area contributed by atoms with Crippen molar-refractivity contribution in [2.45, 2.75) is 51.2 Å². The highest BCUT2D eigenvalue weighted by molar-refractivity contribution is 5.93. The smallest absolute Gasteiger partial charge is 0.326 e. The van der Waals surface area contributed by atoms with Crippen LogP contribution in [-0.4, -0.2) is 77.0 Å². The topological polar surface area (TPSA) is 252 Å². The van der Waals surface area contributed by atoms with E-state index >= 15 is 0 Å². The van der Waals surface area contributed by atoms with E-state index in [1.54, 1.807) is 13.8 Å². The number of carbonyl (C=O) groups excluding carboxylic acids is 3. The minimum Gasteiger partial charge on any atom is -0.481 e. The number of nitrogens with zero attached hydrogens (tertiary/aromatic N) is 1. The van der Waals surface area contributed by atoms with E-state index in [-0.39, 0.29) is 18.9 Å². The van der Waals surface area contributed by atoms with E-state index in [0.29, 0.717) is 6.42 Å². The summed E-state index contributed by atoms with van der Waals surface area (Å²) in [6.45, 7) is 2.92. The van der Waals surface area contributed by atoms with Crippen LogP contribution in [0.4, 0.5) is 0 Å². The lowest BCUT2D eigenvalue weighted by atomic mass is 10.0. The van der Waals surface area contributed by atoms with Gasteiger partial charge >= 0.3 is 11.9 Å². The Hall–Kier alpha value is -3.42. The molecule has 0 aliphatic carbocycles. The summed E-state index contributed by atoms with van der Waals surface area (Å²) in [5.74, 6) is -5.34. The van der Waals surface area contributed by atoms with E-state index in [2.05, 4.69) is 20.9 Å². The largest absolute Gasteiger partial charge is 0.481 e. The Morgan fingerprint density at radius 1 is 1.00 bits per heavy atom. The highest BCUT2D eigenvalue weighted by Gasteiger charge is 2.28. The monoisotopic (exact) mass is 445 g/mol. The van der Waals surface area contributed by atoms with E-state index in [1.165, 1.54) is 0 Å². The molecule has 31 heavy (non-hydrogen) atoms. The number of carboxylic acid groups (broad SMARTS) is 2. The number of guanidine groups is 1. The normalized spacial score (nSPS) is 13.4. The fraction of sp³-hybridized carbons (Fsp3) is 0.647. The maximum Gasteiger partial charge on any atom is 0.326 e. The minimum absolute atomic E-state index is 0.0674. The summed E-state index contributed by atoms with van der Waals surface area (Å²) in [7, 11) is 0. The Morgan fingerprint density at radius 3 is 2.10 bits per heavy atom. The van der Waals surface area contributed by atoms with Crippen LogP contribution < -0.4 is 33.2 Å². The van der Waals surface area contributed by atoms with Gasteiger partial charge in [0.1, 0.15) is 12.1 Å². The molecule has 0 aliphatic rings. The van der Waals surface area contributed by atoms with Crippen molar-refractivity contribution in [3.63, 3.8) is 0 Å². The Morgan fingerprint density at radius 2 is 1.61 bits per heavy atom. The van der Waals surface area contributed by atoms with Gasteiger partial charge in [-0.2, -0.15) is 0 Å². The van der Waals surface area contributed by atoms with Crippen molar-refractivity contribution in [3.8, 4) is 0 Å². The fourth-order valence-electron chi connectivity index (χ4n) is 2.36. The Labute approximate surface area is 179 Å². The van der Waals surface area contributed by atoms with Crippen LogP contribution in [0.15, 0.2) is 4.99 Å². The standard InChI is InChI=1S/C17H31N7O7/c1-8(2)13(24-14(28)9(18)6-12(26)27)15(29)22-7-11(25)23-10(16(30)31)4-3-5-21-17(19)20/h8-10,13H,3-7,18H2,1-2H3,(H,22,29)(H,23,25)(H,24,28)(H,26,27)(H,30,31)(H4,19,20,21). The van der Waals surface area contributed by atoms with Gasteiger partial charge in [-0.15, -0.1) is 0 Å². The summed E-state index contributed by atoms with van der Waals surface area (Å²) in [5.41, 5.74) is 15.8. The van der Waals surface area contributed by atoms with E-state index < -0.39 is 66.7 Å². The fourth-order valence-corrected chi connectivity index (χ4v) is 2.36. The lowest BCUT2D eigenvalue weighted by Crippen LogP contribution is -2.55. The molecule has 3 amide bonds. The van der Waals surface area contributed by atoms with Crippen LogP contribution in [0.3, 0.4) is 0 Å². The third kappa shape index (κ3) is 12.0. The van der Waals surface area contributed by atoms with Crippen molar-refractivity contribution < 1.29 is 34.2 Å². The number of aliphatic imine (C=N–C) groups is 1. The second-order valence-corrected chi connectivity index (χ2v) is 7.06. The Kier molecular flexibility index (Phi) is 12.2. The van der Waals surface area contributed by atoms with Gasteiger partial charge in [0.2, 0.25) is 17.7 Å². The molecule has 0 saturated carbocycles. The van der Waals surface area contributed by atoms with Crippen molar-refractivity contribution >= 4 is 35.6 Å². The molecule has 176 valence electrons. The number of carbonyl (C=O) groups is 5. The molecule has 14 nitrogen and oxygen atoms in total. The van der Waals surface area contributed by atoms with Gasteiger partial charge in [0, 0.05) is 6.54 Å². The lowest BCUT2D eigenvalue weighted by molar-refractivity contribution is -0.142. The van der Waals surface area contributed by atoms with Crippen LogP contribution in [0.25, 0.3) is 0 Å². The van der Waals surface area contributed by atoms with Gasteiger partial charge in [-0.05, 0) is 18.8 Å². The van der Waals surface area contributed by atoms with E-state index in [9.17, 15) is 29.1 Å². The van der Waals surface area contributed by atoms with Crippen LogP contribution >= 0.6 is 0 Å². The average Bonchev–Trinajstić information content (AvgIpc) is 2.64. The second-order valence-electron chi connectivity index (χ2n) is 7.06. The molecule has 0 rings (SSSR count). The van der Waals surface area contributed by atoms with E-state index in [4.69, 9.17) is 22.3 Å². The molecule has 0 saturated heterocycles. The number of carboxylic acids is 2. The summed E-state index contributed by atoms with van der Waals surface area (Å²) < 4.78 is 0. The molecule has 3 unspecified atom stereocenters. The second kappa shape index (κ2) is 13.7. The molecule has 0 aliphatic heterocycles. The first kappa shape index (κ1) is 27.6. The first-order valence-electron chi connectivity index (χ1n) is 9.48. The summed E-state index contributed by atoms with van der Waals surface area (Å²) in [6.07, 6.45) is -0.238. The Balaban J connectivity index is 4.73. The predicted octanol–water partition coefficient (Wildman–Crippen LogP) is -3.33. The number of nitrogens with two attached hydrogens (primary N) is 3. The zero-order valence-electron chi connectivity index (χ0n) is 17.5. The number of hydrogen-bond donors (Lipinski definition) is 8. The summed E-state index contributed by atoms with van der Waals surface area (Å²) in [4.78, 5) is 62.0. The van der Waals surface area contributed by atoms with Crippen molar-refractivity contribution in [3.05, 3.63) is 0 Å². The molecule has 0 fully saturated rings. The third-order valence-electron chi connectivity index (χ3n) is 3.98.